The van der Waals surface area contributed by atoms with Crippen LogP contribution in [0.25, 0.3) is 0 Å². The van der Waals surface area contributed by atoms with Gasteiger partial charge < -0.3 is 9.47 Å². The molecule has 164 valence electrons. The van der Waals surface area contributed by atoms with Crippen LogP contribution in [-0.2, 0) is 0 Å². The predicted molar refractivity (Wildman–Crippen MR) is 125 cm³/mol. The van der Waals surface area contributed by atoms with Crippen molar-refractivity contribution < 1.29 is 19.1 Å². The fraction of sp³-hybridized carbons (Fsp3) is 0.160. The van der Waals surface area contributed by atoms with Gasteiger partial charge in [0.1, 0.15) is 11.5 Å². The SMILES string of the molecule is CCCCOc1ccc(C(=O)Oc2ccc(/C=N\NC(=O)c3cccc(Cl)c3)cc2)cc1. The molecular formula is C25H23ClN2O4. The number of amides is 1. The zero-order chi connectivity index (χ0) is 22.8. The van der Waals surface area contributed by atoms with E-state index in [0.717, 1.165) is 24.2 Å². The molecule has 0 radical (unpaired) electrons. The zero-order valence-electron chi connectivity index (χ0n) is 17.6. The van der Waals surface area contributed by atoms with Crippen molar-refractivity contribution in [3.8, 4) is 11.5 Å². The Bertz CT molecular complexity index is 1080. The lowest BCUT2D eigenvalue weighted by Gasteiger charge is -2.07. The van der Waals surface area contributed by atoms with E-state index in [4.69, 9.17) is 21.1 Å². The average Bonchev–Trinajstić information content (AvgIpc) is 2.81. The van der Waals surface area contributed by atoms with Gasteiger partial charge in [0, 0.05) is 10.6 Å². The van der Waals surface area contributed by atoms with Crippen LogP contribution in [0.5, 0.6) is 11.5 Å². The molecule has 6 nitrogen and oxygen atoms in total. The van der Waals surface area contributed by atoms with E-state index in [9.17, 15) is 9.59 Å². The van der Waals surface area contributed by atoms with Gasteiger partial charge in [0.2, 0.25) is 0 Å². The summed E-state index contributed by atoms with van der Waals surface area (Å²) in [6.07, 6.45) is 3.54. The van der Waals surface area contributed by atoms with Crippen LogP contribution < -0.4 is 14.9 Å². The minimum Gasteiger partial charge on any atom is -0.494 e. The molecule has 7 heteroatoms. The van der Waals surface area contributed by atoms with Crippen LogP contribution in [0.4, 0.5) is 0 Å². The minimum atomic E-state index is -0.458. The van der Waals surface area contributed by atoms with Crippen molar-refractivity contribution in [2.75, 3.05) is 6.61 Å². The predicted octanol–water partition coefficient (Wildman–Crippen LogP) is 5.50. The van der Waals surface area contributed by atoms with Gasteiger partial charge in [-0.3, -0.25) is 4.79 Å². The van der Waals surface area contributed by atoms with E-state index in [1.807, 2.05) is 0 Å². The quantitative estimate of drug-likeness (QED) is 0.153. The highest BCUT2D eigenvalue weighted by molar-refractivity contribution is 6.30. The average molecular weight is 451 g/mol. The number of nitrogens with one attached hydrogen (secondary N) is 1. The van der Waals surface area contributed by atoms with Crippen molar-refractivity contribution in [3.63, 3.8) is 0 Å². The summed E-state index contributed by atoms with van der Waals surface area (Å²) in [5.74, 6) is 0.302. The summed E-state index contributed by atoms with van der Waals surface area (Å²) in [5, 5.41) is 4.41. The van der Waals surface area contributed by atoms with Crippen molar-refractivity contribution in [3.05, 3.63) is 94.5 Å². The summed E-state index contributed by atoms with van der Waals surface area (Å²) in [6, 6.07) is 20.2. The number of hydrazone groups is 1. The van der Waals surface area contributed by atoms with E-state index in [1.165, 1.54) is 6.21 Å². The first-order valence-electron chi connectivity index (χ1n) is 10.2. The van der Waals surface area contributed by atoms with Gasteiger partial charge in [-0.1, -0.05) is 31.0 Å². The molecule has 0 aromatic heterocycles. The maximum absolute atomic E-state index is 12.3. The van der Waals surface area contributed by atoms with Crippen LogP contribution in [0.15, 0.2) is 77.9 Å². The number of halogens is 1. The molecule has 32 heavy (non-hydrogen) atoms. The molecule has 0 saturated heterocycles. The lowest BCUT2D eigenvalue weighted by Crippen LogP contribution is -2.17. The number of nitrogens with zero attached hydrogens (tertiary/aromatic N) is 1. The molecular weight excluding hydrogens is 428 g/mol. The Labute approximate surface area is 191 Å². The molecule has 0 atom stereocenters. The second-order valence-electron chi connectivity index (χ2n) is 6.89. The molecule has 0 aliphatic heterocycles. The number of hydrogen-bond acceptors (Lipinski definition) is 5. The van der Waals surface area contributed by atoms with Crippen molar-refractivity contribution in [1.82, 2.24) is 5.43 Å². The Morgan fingerprint density at radius 3 is 2.38 bits per heavy atom. The normalized spacial score (nSPS) is 10.7. The number of unbranched alkanes of at least 4 members (excludes halogenated alkanes) is 1. The molecule has 0 saturated carbocycles. The molecule has 0 fully saturated rings. The first-order chi connectivity index (χ1) is 15.5. The van der Waals surface area contributed by atoms with Gasteiger partial charge in [-0.15, -0.1) is 0 Å². The largest absolute Gasteiger partial charge is 0.494 e. The number of carbonyl (C=O) groups is 2. The zero-order valence-corrected chi connectivity index (χ0v) is 18.3. The Hall–Kier alpha value is -3.64. The molecule has 1 amide bonds. The first-order valence-corrected chi connectivity index (χ1v) is 10.6. The van der Waals surface area contributed by atoms with Crippen LogP contribution in [0, 0.1) is 0 Å². The molecule has 3 aromatic rings. The number of ether oxygens (including phenoxy) is 2. The summed E-state index contributed by atoms with van der Waals surface area (Å²) in [7, 11) is 0. The third kappa shape index (κ3) is 6.96. The summed E-state index contributed by atoms with van der Waals surface area (Å²) < 4.78 is 11.0. The second-order valence-corrected chi connectivity index (χ2v) is 7.33. The maximum atomic E-state index is 12.3. The fourth-order valence-corrected chi connectivity index (χ4v) is 2.86. The van der Waals surface area contributed by atoms with Gasteiger partial charge in [-0.25, -0.2) is 10.2 Å². The number of esters is 1. The maximum Gasteiger partial charge on any atom is 0.343 e. The number of carbonyl (C=O) groups excluding carboxylic acids is 2. The highest BCUT2D eigenvalue weighted by atomic mass is 35.5. The molecule has 0 spiro atoms. The fourth-order valence-electron chi connectivity index (χ4n) is 2.67. The summed E-state index contributed by atoms with van der Waals surface area (Å²) >= 11 is 5.88. The molecule has 3 aromatic carbocycles. The van der Waals surface area contributed by atoms with E-state index in [1.54, 1.807) is 72.8 Å². The third-order valence-electron chi connectivity index (χ3n) is 4.41. The van der Waals surface area contributed by atoms with E-state index in [-0.39, 0.29) is 5.91 Å². The van der Waals surface area contributed by atoms with Gasteiger partial charge in [0.25, 0.3) is 5.91 Å². The Kier molecular flexibility index (Phi) is 8.40. The summed E-state index contributed by atoms with van der Waals surface area (Å²) in [6.45, 7) is 2.75. The van der Waals surface area contributed by atoms with Crippen molar-refractivity contribution in [2.24, 2.45) is 5.10 Å². The first kappa shape index (κ1) is 23.0. The van der Waals surface area contributed by atoms with Crippen LogP contribution >= 0.6 is 11.6 Å². The van der Waals surface area contributed by atoms with Gasteiger partial charge in [0.05, 0.1) is 18.4 Å². The number of rotatable bonds is 9. The van der Waals surface area contributed by atoms with Gasteiger partial charge in [-0.05, 0) is 78.7 Å². The lowest BCUT2D eigenvalue weighted by molar-refractivity contribution is 0.0734. The number of hydrogen-bond donors (Lipinski definition) is 1. The van der Waals surface area contributed by atoms with E-state index >= 15 is 0 Å². The van der Waals surface area contributed by atoms with Gasteiger partial charge in [-0.2, -0.15) is 5.10 Å². The third-order valence-corrected chi connectivity index (χ3v) is 4.65. The molecule has 0 unspecified atom stereocenters. The van der Waals surface area contributed by atoms with Crippen LogP contribution in [0.2, 0.25) is 5.02 Å². The highest BCUT2D eigenvalue weighted by Crippen LogP contribution is 2.17. The van der Waals surface area contributed by atoms with Crippen LogP contribution in [-0.4, -0.2) is 24.7 Å². The summed E-state index contributed by atoms with van der Waals surface area (Å²) in [5.41, 5.74) is 4.01. The van der Waals surface area contributed by atoms with Gasteiger partial charge in [0.15, 0.2) is 0 Å². The van der Waals surface area contributed by atoms with Gasteiger partial charge >= 0.3 is 5.97 Å². The molecule has 0 heterocycles. The van der Waals surface area contributed by atoms with Crippen molar-refractivity contribution in [1.29, 1.82) is 0 Å². The van der Waals surface area contributed by atoms with Crippen molar-refractivity contribution in [2.45, 2.75) is 19.8 Å². The van der Waals surface area contributed by atoms with E-state index < -0.39 is 5.97 Å². The smallest absolute Gasteiger partial charge is 0.343 e. The molecule has 1 N–H and O–H groups in total. The Balaban J connectivity index is 1.51. The van der Waals surface area contributed by atoms with Crippen molar-refractivity contribution >= 4 is 29.7 Å². The second kappa shape index (κ2) is 11.7. The Morgan fingerprint density at radius 1 is 0.969 bits per heavy atom. The molecule has 0 bridgehead atoms. The lowest BCUT2D eigenvalue weighted by atomic mass is 10.2. The Morgan fingerprint density at radius 2 is 1.69 bits per heavy atom. The topological polar surface area (TPSA) is 77.0 Å². The monoisotopic (exact) mass is 450 g/mol. The number of benzene rings is 3. The summed E-state index contributed by atoms with van der Waals surface area (Å²) in [4.78, 5) is 24.4. The molecule has 3 rings (SSSR count). The van der Waals surface area contributed by atoms with E-state index in [2.05, 4.69) is 17.5 Å². The molecule has 0 aliphatic carbocycles. The van der Waals surface area contributed by atoms with Crippen LogP contribution in [0.3, 0.4) is 0 Å². The molecule has 0 aliphatic rings. The van der Waals surface area contributed by atoms with E-state index in [0.29, 0.717) is 28.5 Å². The van der Waals surface area contributed by atoms with Crippen LogP contribution in [0.1, 0.15) is 46.0 Å². The standard InChI is InChI=1S/C25H23ClN2O4/c1-2-3-15-31-22-13-9-19(10-14-22)25(30)32-23-11-7-18(8-12-23)17-27-28-24(29)20-5-4-6-21(26)16-20/h4-14,16-17H,2-3,15H2,1H3,(H,28,29)/b27-17-. The minimum absolute atomic E-state index is 0.365. The highest BCUT2D eigenvalue weighted by Gasteiger charge is 2.09.